The Morgan fingerprint density at radius 3 is 2.00 bits per heavy atom. The molecule has 1 nitrogen and oxygen atoms in total. The quantitative estimate of drug-likeness (QED) is 0.400. The second-order valence-corrected chi connectivity index (χ2v) is 2.51. The van der Waals surface area contributed by atoms with Crippen LogP contribution in [0.4, 0.5) is 0 Å². The molecule has 0 heterocycles. The Morgan fingerprint density at radius 2 is 1.89 bits per heavy atom. The number of rotatable bonds is 3. The van der Waals surface area contributed by atoms with Gasteiger partial charge >= 0.3 is 52.9 Å². The van der Waals surface area contributed by atoms with E-state index in [4.69, 9.17) is 4.74 Å². The fourth-order valence-corrected chi connectivity index (χ4v) is 0.440. The predicted molar refractivity (Wildman–Crippen MR) is 31.5 cm³/mol. The summed E-state index contributed by atoms with van der Waals surface area (Å²) in [6.07, 6.45) is 1.11. The molecule has 0 rings (SSSR count). The summed E-state index contributed by atoms with van der Waals surface area (Å²) in [5.41, 5.74) is 0. The van der Waals surface area contributed by atoms with Gasteiger partial charge in [0.1, 0.15) is 0 Å². The predicted octanol–water partition coefficient (Wildman–Crippen LogP) is -5.06. The van der Waals surface area contributed by atoms with Gasteiger partial charge in [-0.3, -0.25) is 0 Å². The Balaban J connectivity index is -0.000000180. The number of hydrogen-bond donors (Lipinski definition) is 0. The molecule has 0 radical (unpaired) electrons. The van der Waals surface area contributed by atoms with Crippen molar-refractivity contribution in [3.05, 3.63) is 0 Å². The molecule has 0 spiro atoms. The molecule has 0 fully saturated rings. The van der Waals surface area contributed by atoms with Crippen LogP contribution in [0.15, 0.2) is 0 Å². The second kappa shape index (κ2) is 11.8. The fraction of sp³-hybridized carbons (Fsp3) is 1.00. The molecular weight excluding hydrogens is 174 g/mol. The van der Waals surface area contributed by atoms with Gasteiger partial charge in [0.15, 0.2) is 0 Å². The fourth-order valence-electron chi connectivity index (χ4n) is 0.304. The Labute approximate surface area is 77.8 Å². The third kappa shape index (κ3) is 17.6. The second-order valence-electron chi connectivity index (χ2n) is 1.58. The number of ether oxygens (including phenoxy) is 1. The van der Waals surface area contributed by atoms with E-state index >= 15 is 0 Å². The van der Waals surface area contributed by atoms with Crippen LogP contribution < -0.4 is 24.8 Å². The van der Waals surface area contributed by atoms with E-state index in [1.54, 1.807) is 0 Å². The van der Waals surface area contributed by atoms with Gasteiger partial charge in [0.25, 0.3) is 0 Å². The number of halogens is 2. The molecular formula is C5H11AlCl2O. The summed E-state index contributed by atoms with van der Waals surface area (Å²) in [6.45, 7) is 5.00. The van der Waals surface area contributed by atoms with Crippen molar-refractivity contribution in [3.8, 4) is 0 Å². The molecule has 0 amide bonds. The smallest absolute Gasteiger partial charge is 1.00 e. The van der Waals surface area contributed by atoms with E-state index < -0.39 is 0 Å². The third-order valence-electron chi connectivity index (χ3n) is 0.585. The SMILES string of the molecule is CCCO[CH](C)[Al+2].[Cl-].[Cl-]. The third-order valence-corrected chi connectivity index (χ3v) is 0.777. The van der Waals surface area contributed by atoms with Gasteiger partial charge in [-0.1, -0.05) is 0 Å². The molecule has 0 N–H and O–H groups in total. The minimum Gasteiger partial charge on any atom is -1.00 e. The van der Waals surface area contributed by atoms with E-state index in [-0.39, 0.29) is 24.8 Å². The van der Waals surface area contributed by atoms with Crippen molar-refractivity contribution in [1.82, 2.24) is 0 Å². The standard InChI is InChI=1S/C5H11O.Al.2ClH/c1-3-5-6-4-2;;;/h4H,3,5H2,1-2H3;;2*1H/q;+2;;/p-2. The van der Waals surface area contributed by atoms with Gasteiger partial charge in [0, 0.05) is 0 Å². The van der Waals surface area contributed by atoms with E-state index in [9.17, 15) is 0 Å². The summed E-state index contributed by atoms with van der Waals surface area (Å²) < 4.78 is 5.15. The molecule has 1 unspecified atom stereocenters. The first-order valence-electron chi connectivity index (χ1n) is 2.64. The van der Waals surface area contributed by atoms with Gasteiger partial charge in [0.2, 0.25) is 0 Å². The summed E-state index contributed by atoms with van der Waals surface area (Å²) in [5, 5.41) is 0. The van der Waals surface area contributed by atoms with Crippen molar-refractivity contribution in [3.63, 3.8) is 0 Å². The molecule has 0 aliphatic carbocycles. The Bertz CT molecular complexity index is 43.9. The van der Waals surface area contributed by atoms with Crippen molar-refractivity contribution in [2.45, 2.75) is 25.2 Å². The first-order valence-corrected chi connectivity index (χ1v) is 3.31. The van der Waals surface area contributed by atoms with Gasteiger partial charge in [0.05, 0.1) is 0 Å². The summed E-state index contributed by atoms with van der Waals surface area (Å²) in [7, 11) is 0. The average Bonchev–Trinajstić information content (AvgIpc) is 1.61. The first-order chi connectivity index (χ1) is 3.27. The molecule has 0 aliphatic heterocycles. The van der Waals surface area contributed by atoms with Crippen LogP contribution in [0.3, 0.4) is 0 Å². The molecule has 0 saturated heterocycles. The molecule has 0 aromatic carbocycles. The Morgan fingerprint density at radius 1 is 1.44 bits per heavy atom. The van der Waals surface area contributed by atoms with E-state index in [0.717, 1.165) is 13.0 Å². The monoisotopic (exact) mass is 184 g/mol. The van der Waals surface area contributed by atoms with Gasteiger partial charge < -0.3 is 24.8 Å². The van der Waals surface area contributed by atoms with E-state index in [2.05, 4.69) is 23.2 Å². The molecule has 0 bridgehead atoms. The van der Waals surface area contributed by atoms with Gasteiger partial charge in [-0.15, -0.1) is 0 Å². The van der Waals surface area contributed by atoms with Crippen LogP contribution in [0.5, 0.6) is 0 Å². The van der Waals surface area contributed by atoms with Crippen LogP contribution >= 0.6 is 0 Å². The Kier molecular flexibility index (Phi) is 21.8. The van der Waals surface area contributed by atoms with Gasteiger partial charge in [-0.05, 0) is 0 Å². The summed E-state index contributed by atoms with van der Waals surface area (Å²) in [6, 6.07) is 0. The molecule has 0 aliphatic rings. The largest absolute Gasteiger partial charge is 1.00 e. The molecule has 4 heteroatoms. The minimum atomic E-state index is 0. The van der Waals surface area contributed by atoms with Crippen LogP contribution in [-0.4, -0.2) is 27.9 Å². The zero-order valence-corrected chi connectivity index (χ0v) is 8.40. The van der Waals surface area contributed by atoms with Crippen molar-refractivity contribution < 1.29 is 29.6 Å². The molecule has 0 aromatic rings. The van der Waals surface area contributed by atoms with Crippen molar-refractivity contribution >= 4 is 16.3 Å². The first kappa shape index (κ1) is 16.6. The maximum absolute atomic E-state index is 5.15. The number of hydrogen-bond acceptors (Lipinski definition) is 1. The topological polar surface area (TPSA) is 9.23 Å². The summed E-state index contributed by atoms with van der Waals surface area (Å²) >= 11 is 2.59. The normalized spacial score (nSPS) is 11.1. The van der Waals surface area contributed by atoms with Crippen molar-refractivity contribution in [2.24, 2.45) is 0 Å². The molecule has 1 atom stereocenters. The van der Waals surface area contributed by atoms with Gasteiger partial charge in [-0.2, -0.15) is 0 Å². The van der Waals surface area contributed by atoms with E-state index in [1.807, 2.05) is 6.92 Å². The molecule has 9 heavy (non-hydrogen) atoms. The van der Waals surface area contributed by atoms with E-state index in [0.29, 0.717) is 4.97 Å². The minimum absolute atomic E-state index is 0. The van der Waals surface area contributed by atoms with Crippen LogP contribution in [-0.2, 0) is 4.74 Å². The van der Waals surface area contributed by atoms with Crippen LogP contribution in [0, 0.1) is 0 Å². The summed E-state index contributed by atoms with van der Waals surface area (Å²) in [5.74, 6) is 0. The van der Waals surface area contributed by atoms with Crippen molar-refractivity contribution in [2.75, 3.05) is 6.61 Å². The van der Waals surface area contributed by atoms with Gasteiger partial charge in [-0.25, -0.2) is 0 Å². The Hall–Kier alpha value is 1.07. The maximum atomic E-state index is 5.15. The zero-order chi connectivity index (χ0) is 5.70. The molecule has 0 aromatic heterocycles. The molecule has 54 valence electrons. The van der Waals surface area contributed by atoms with Crippen molar-refractivity contribution in [1.29, 1.82) is 0 Å². The van der Waals surface area contributed by atoms with Crippen LogP contribution in [0.1, 0.15) is 20.3 Å². The van der Waals surface area contributed by atoms with Crippen LogP contribution in [0.2, 0.25) is 0 Å². The maximum Gasteiger partial charge on any atom is -1.00 e. The average molecular weight is 185 g/mol. The zero-order valence-electron chi connectivity index (χ0n) is 5.73. The van der Waals surface area contributed by atoms with Crippen LogP contribution in [0.25, 0.3) is 0 Å². The summed E-state index contributed by atoms with van der Waals surface area (Å²) in [4.78, 5) is 0.319. The molecule has 0 saturated carbocycles. The van der Waals surface area contributed by atoms with E-state index in [1.165, 1.54) is 0 Å².